The molecule has 0 aliphatic heterocycles. The van der Waals surface area contributed by atoms with Gasteiger partial charge >= 0.3 is 5.97 Å². The predicted molar refractivity (Wildman–Crippen MR) is 79.0 cm³/mol. The summed E-state index contributed by atoms with van der Waals surface area (Å²) in [4.78, 5) is 23.2. The largest absolute Gasteiger partial charge is 0.465 e. The Morgan fingerprint density at radius 1 is 1.32 bits per heavy atom. The molecule has 0 aromatic rings. The summed E-state index contributed by atoms with van der Waals surface area (Å²) in [6.07, 6.45) is 2.00. The summed E-state index contributed by atoms with van der Waals surface area (Å²) >= 11 is 1.37. The number of carbonyl (C=O) groups is 2. The molecule has 0 aliphatic rings. The van der Waals surface area contributed by atoms with Crippen LogP contribution in [-0.2, 0) is 14.3 Å². The maximum atomic E-state index is 11.8. The Hall–Kier alpha value is -0.750. The van der Waals surface area contributed by atoms with E-state index in [-0.39, 0.29) is 17.2 Å². The molecule has 6 heteroatoms. The van der Waals surface area contributed by atoms with Gasteiger partial charge in [-0.3, -0.25) is 9.59 Å². The summed E-state index contributed by atoms with van der Waals surface area (Å²) < 4.78 is 4.82. The Kier molecular flexibility index (Phi) is 9.69. The lowest BCUT2D eigenvalue weighted by Crippen LogP contribution is -2.39. The van der Waals surface area contributed by atoms with Gasteiger partial charge in [-0.05, 0) is 27.2 Å². The summed E-state index contributed by atoms with van der Waals surface area (Å²) in [6, 6.07) is -0.493. The molecule has 5 nitrogen and oxygen atoms in total. The van der Waals surface area contributed by atoms with E-state index in [4.69, 9.17) is 10.5 Å². The van der Waals surface area contributed by atoms with Crippen LogP contribution >= 0.6 is 11.8 Å². The molecule has 0 saturated heterocycles. The zero-order chi connectivity index (χ0) is 14.8. The third-order valence-corrected chi connectivity index (χ3v) is 3.86. The Morgan fingerprint density at radius 3 is 2.47 bits per heavy atom. The van der Waals surface area contributed by atoms with Crippen molar-refractivity contribution in [2.75, 3.05) is 12.4 Å². The second-order valence-corrected chi connectivity index (χ2v) is 5.91. The average molecular weight is 290 g/mol. The van der Waals surface area contributed by atoms with Crippen LogP contribution in [0.5, 0.6) is 0 Å². The number of nitrogens with one attached hydrogen (secondary N) is 1. The standard InChI is InChI=1S/C13H26N2O3S/c1-5-7-9(3)15-12(16)10(4)19-8-11(14)13(17)18-6-2/h9-11H,5-8,14H2,1-4H3,(H,15,16). The van der Waals surface area contributed by atoms with Crippen molar-refractivity contribution in [2.45, 2.75) is 57.9 Å². The number of hydrogen-bond acceptors (Lipinski definition) is 5. The van der Waals surface area contributed by atoms with Gasteiger partial charge in [0, 0.05) is 11.8 Å². The van der Waals surface area contributed by atoms with E-state index in [1.807, 2.05) is 13.8 Å². The Morgan fingerprint density at radius 2 is 1.95 bits per heavy atom. The lowest BCUT2D eigenvalue weighted by atomic mass is 10.2. The summed E-state index contributed by atoms with van der Waals surface area (Å²) in [5.41, 5.74) is 5.67. The van der Waals surface area contributed by atoms with Gasteiger partial charge in [0.25, 0.3) is 0 Å². The van der Waals surface area contributed by atoms with Gasteiger partial charge in [-0.25, -0.2) is 0 Å². The van der Waals surface area contributed by atoms with Gasteiger partial charge in [0.2, 0.25) is 5.91 Å². The topological polar surface area (TPSA) is 81.4 Å². The molecule has 0 bridgehead atoms. The maximum Gasteiger partial charge on any atom is 0.323 e. The van der Waals surface area contributed by atoms with Crippen LogP contribution in [0, 0.1) is 0 Å². The van der Waals surface area contributed by atoms with E-state index in [1.165, 1.54) is 11.8 Å². The summed E-state index contributed by atoms with van der Waals surface area (Å²) in [7, 11) is 0. The van der Waals surface area contributed by atoms with Crippen LogP contribution in [0.4, 0.5) is 0 Å². The summed E-state index contributed by atoms with van der Waals surface area (Å²) in [5, 5.41) is 2.72. The second kappa shape index (κ2) is 10.1. The first-order chi connectivity index (χ1) is 8.92. The molecular formula is C13H26N2O3S. The molecule has 0 spiro atoms. The van der Waals surface area contributed by atoms with Crippen molar-refractivity contribution in [3.8, 4) is 0 Å². The molecule has 0 aliphatic carbocycles. The zero-order valence-corrected chi connectivity index (χ0v) is 13.1. The van der Waals surface area contributed by atoms with Crippen molar-refractivity contribution in [2.24, 2.45) is 5.73 Å². The number of nitrogens with two attached hydrogens (primary N) is 1. The number of thioether (sulfide) groups is 1. The van der Waals surface area contributed by atoms with E-state index in [9.17, 15) is 9.59 Å². The van der Waals surface area contributed by atoms with Gasteiger partial charge in [0.1, 0.15) is 6.04 Å². The molecular weight excluding hydrogens is 264 g/mol. The smallest absolute Gasteiger partial charge is 0.323 e. The molecule has 0 radical (unpaired) electrons. The van der Waals surface area contributed by atoms with E-state index in [1.54, 1.807) is 6.92 Å². The molecule has 0 saturated carbocycles. The van der Waals surface area contributed by atoms with Crippen molar-refractivity contribution in [3.05, 3.63) is 0 Å². The maximum absolute atomic E-state index is 11.8. The fourth-order valence-electron chi connectivity index (χ4n) is 1.51. The third kappa shape index (κ3) is 8.10. The first-order valence-corrected chi connectivity index (χ1v) is 7.81. The summed E-state index contributed by atoms with van der Waals surface area (Å²) in [5.74, 6) is -0.0424. The molecule has 19 heavy (non-hydrogen) atoms. The molecule has 3 N–H and O–H groups in total. The fourth-order valence-corrected chi connectivity index (χ4v) is 2.36. The van der Waals surface area contributed by atoms with Crippen LogP contribution in [0.3, 0.4) is 0 Å². The third-order valence-electron chi connectivity index (χ3n) is 2.59. The van der Waals surface area contributed by atoms with Gasteiger partial charge in [-0.15, -0.1) is 11.8 Å². The van der Waals surface area contributed by atoms with Crippen molar-refractivity contribution in [1.29, 1.82) is 0 Å². The van der Waals surface area contributed by atoms with Crippen molar-refractivity contribution in [3.63, 3.8) is 0 Å². The summed E-state index contributed by atoms with van der Waals surface area (Å²) in [6.45, 7) is 7.95. The molecule has 1 amide bonds. The first kappa shape index (κ1) is 18.2. The highest BCUT2D eigenvalue weighted by Gasteiger charge is 2.20. The SMILES string of the molecule is CCCC(C)NC(=O)C(C)SCC(N)C(=O)OCC. The van der Waals surface area contributed by atoms with Gasteiger partial charge in [-0.1, -0.05) is 13.3 Å². The van der Waals surface area contributed by atoms with E-state index < -0.39 is 12.0 Å². The number of carbonyl (C=O) groups excluding carboxylic acids is 2. The molecule has 112 valence electrons. The Labute approximate surface area is 120 Å². The molecule has 0 aromatic carbocycles. The van der Waals surface area contributed by atoms with E-state index in [0.717, 1.165) is 12.8 Å². The van der Waals surface area contributed by atoms with Crippen LogP contribution in [0.15, 0.2) is 0 Å². The lowest BCUT2D eigenvalue weighted by molar-refractivity contribution is -0.144. The van der Waals surface area contributed by atoms with Crippen LogP contribution in [0.25, 0.3) is 0 Å². The van der Waals surface area contributed by atoms with Crippen LogP contribution in [0.2, 0.25) is 0 Å². The molecule has 0 fully saturated rings. The number of amides is 1. The minimum Gasteiger partial charge on any atom is -0.465 e. The van der Waals surface area contributed by atoms with E-state index in [0.29, 0.717) is 12.4 Å². The molecule has 0 aromatic heterocycles. The van der Waals surface area contributed by atoms with Crippen molar-refractivity contribution >= 4 is 23.6 Å². The Balaban J connectivity index is 3.99. The highest BCUT2D eigenvalue weighted by atomic mass is 32.2. The highest BCUT2D eigenvalue weighted by molar-refractivity contribution is 8.00. The van der Waals surface area contributed by atoms with Gasteiger partial charge in [-0.2, -0.15) is 0 Å². The van der Waals surface area contributed by atoms with Crippen LogP contribution in [-0.4, -0.2) is 41.6 Å². The van der Waals surface area contributed by atoms with E-state index >= 15 is 0 Å². The lowest BCUT2D eigenvalue weighted by Gasteiger charge is -2.18. The minimum absolute atomic E-state index is 0.0120. The van der Waals surface area contributed by atoms with Crippen molar-refractivity contribution < 1.29 is 14.3 Å². The van der Waals surface area contributed by atoms with Gasteiger partial charge < -0.3 is 15.8 Å². The fraction of sp³-hybridized carbons (Fsp3) is 0.846. The number of esters is 1. The normalized spacial score (nSPS) is 15.4. The number of ether oxygens (including phenoxy) is 1. The second-order valence-electron chi connectivity index (χ2n) is 4.53. The predicted octanol–water partition coefficient (Wildman–Crippen LogP) is 1.30. The van der Waals surface area contributed by atoms with Crippen LogP contribution in [0.1, 0.15) is 40.5 Å². The Bertz CT molecular complexity index is 287. The van der Waals surface area contributed by atoms with E-state index in [2.05, 4.69) is 12.2 Å². The highest BCUT2D eigenvalue weighted by Crippen LogP contribution is 2.12. The van der Waals surface area contributed by atoms with Gasteiger partial charge in [0.15, 0.2) is 0 Å². The molecule has 0 heterocycles. The quantitative estimate of drug-likeness (QED) is 0.626. The van der Waals surface area contributed by atoms with Gasteiger partial charge in [0.05, 0.1) is 11.9 Å². The van der Waals surface area contributed by atoms with Crippen LogP contribution < -0.4 is 11.1 Å². The molecule has 3 unspecified atom stereocenters. The molecule has 0 rings (SSSR count). The first-order valence-electron chi connectivity index (χ1n) is 6.76. The minimum atomic E-state index is -0.673. The van der Waals surface area contributed by atoms with Crippen molar-refractivity contribution in [1.82, 2.24) is 5.32 Å². The molecule has 3 atom stereocenters. The average Bonchev–Trinajstić information content (AvgIpc) is 2.35. The number of rotatable bonds is 9. The monoisotopic (exact) mass is 290 g/mol. The zero-order valence-electron chi connectivity index (χ0n) is 12.3. The number of hydrogen-bond donors (Lipinski definition) is 2.